The van der Waals surface area contributed by atoms with Crippen molar-refractivity contribution in [2.24, 2.45) is 0 Å². The van der Waals surface area contributed by atoms with E-state index in [-0.39, 0.29) is 0 Å². The van der Waals surface area contributed by atoms with Crippen LogP contribution in [0.3, 0.4) is 0 Å². The molecule has 0 radical (unpaired) electrons. The molecule has 0 spiro atoms. The highest BCUT2D eigenvalue weighted by Gasteiger charge is 2.08. The molecular formula is C14H21N3OS. The number of rotatable bonds is 8. The molecule has 0 aliphatic carbocycles. The molecule has 5 heteroatoms. The van der Waals surface area contributed by atoms with Crippen molar-refractivity contribution in [3.05, 3.63) is 17.3 Å². The van der Waals surface area contributed by atoms with Gasteiger partial charge in [-0.3, -0.25) is 0 Å². The highest BCUT2D eigenvalue weighted by molar-refractivity contribution is 7.16. The van der Waals surface area contributed by atoms with Crippen molar-refractivity contribution < 1.29 is 4.74 Å². The smallest absolute Gasteiger partial charge is 0.158 e. The van der Waals surface area contributed by atoms with Crippen LogP contribution in [0.25, 0.3) is 10.2 Å². The van der Waals surface area contributed by atoms with Gasteiger partial charge in [0.2, 0.25) is 0 Å². The van der Waals surface area contributed by atoms with Crippen LogP contribution in [-0.4, -0.2) is 23.1 Å². The van der Waals surface area contributed by atoms with Gasteiger partial charge in [0, 0.05) is 13.2 Å². The Hall–Kier alpha value is -1.20. The van der Waals surface area contributed by atoms with Gasteiger partial charge in [0.15, 0.2) is 5.82 Å². The Labute approximate surface area is 118 Å². The fraction of sp³-hybridized carbons (Fsp3) is 0.571. The van der Waals surface area contributed by atoms with E-state index in [2.05, 4.69) is 40.6 Å². The lowest BCUT2D eigenvalue weighted by Crippen LogP contribution is -2.07. The summed E-state index contributed by atoms with van der Waals surface area (Å²) in [4.78, 5) is 10.1. The van der Waals surface area contributed by atoms with Gasteiger partial charge >= 0.3 is 0 Å². The van der Waals surface area contributed by atoms with Crippen LogP contribution in [0.2, 0.25) is 0 Å². The summed E-state index contributed by atoms with van der Waals surface area (Å²) in [5.74, 6) is 1.70. The number of nitrogens with one attached hydrogen (secondary N) is 1. The van der Waals surface area contributed by atoms with Crippen LogP contribution >= 0.6 is 11.3 Å². The highest BCUT2D eigenvalue weighted by Crippen LogP contribution is 2.25. The van der Waals surface area contributed by atoms with Crippen LogP contribution < -0.4 is 5.32 Å². The number of fused-ring (bicyclic) bond motifs is 1. The topological polar surface area (TPSA) is 47.0 Å². The monoisotopic (exact) mass is 279 g/mol. The van der Waals surface area contributed by atoms with Crippen molar-refractivity contribution in [2.45, 2.75) is 39.7 Å². The van der Waals surface area contributed by atoms with Gasteiger partial charge in [-0.25, -0.2) is 9.97 Å². The quantitative estimate of drug-likeness (QED) is 0.746. The van der Waals surface area contributed by atoms with Crippen molar-refractivity contribution in [2.75, 3.05) is 18.5 Å². The van der Waals surface area contributed by atoms with E-state index in [9.17, 15) is 0 Å². The van der Waals surface area contributed by atoms with Crippen molar-refractivity contribution in [3.8, 4) is 0 Å². The van der Waals surface area contributed by atoms with E-state index in [0.717, 1.165) is 54.3 Å². The van der Waals surface area contributed by atoms with E-state index in [1.807, 2.05) is 0 Å². The lowest BCUT2D eigenvalue weighted by Gasteiger charge is -2.08. The van der Waals surface area contributed by atoms with Crippen LogP contribution in [0, 0.1) is 0 Å². The molecule has 2 aromatic heterocycles. The molecule has 0 saturated heterocycles. The summed E-state index contributed by atoms with van der Waals surface area (Å²) in [6.07, 6.45) is 3.31. The zero-order valence-electron chi connectivity index (χ0n) is 11.6. The zero-order valence-corrected chi connectivity index (χ0v) is 12.4. The highest BCUT2D eigenvalue weighted by atomic mass is 32.1. The molecule has 0 unspecified atom stereocenters. The van der Waals surface area contributed by atoms with E-state index in [0.29, 0.717) is 6.61 Å². The predicted molar refractivity (Wildman–Crippen MR) is 80.8 cm³/mol. The first-order valence-electron chi connectivity index (χ1n) is 6.90. The van der Waals surface area contributed by atoms with E-state index in [1.54, 1.807) is 11.3 Å². The van der Waals surface area contributed by atoms with Crippen LogP contribution in [0.1, 0.15) is 38.9 Å². The third kappa shape index (κ3) is 3.88. The molecule has 0 amide bonds. The molecule has 2 aromatic rings. The maximum atomic E-state index is 5.60. The Morgan fingerprint density at radius 1 is 1.26 bits per heavy atom. The number of unbranched alkanes of at least 4 members (excludes halogenated alkanes) is 1. The number of ether oxygens (including phenoxy) is 1. The van der Waals surface area contributed by atoms with Crippen LogP contribution in [0.4, 0.5) is 5.82 Å². The second-order valence-electron chi connectivity index (χ2n) is 4.46. The zero-order chi connectivity index (χ0) is 13.5. The summed E-state index contributed by atoms with van der Waals surface area (Å²) < 4.78 is 5.60. The molecule has 2 heterocycles. The second kappa shape index (κ2) is 7.40. The number of hydrogen-bond donors (Lipinski definition) is 1. The van der Waals surface area contributed by atoms with Crippen molar-refractivity contribution >= 4 is 27.4 Å². The van der Waals surface area contributed by atoms with Gasteiger partial charge in [-0.1, -0.05) is 20.3 Å². The molecular weight excluding hydrogens is 258 g/mol. The molecule has 0 saturated carbocycles. The van der Waals surface area contributed by atoms with Gasteiger partial charge in [-0.2, -0.15) is 0 Å². The maximum absolute atomic E-state index is 5.60. The van der Waals surface area contributed by atoms with Crippen molar-refractivity contribution in [1.29, 1.82) is 0 Å². The first-order chi connectivity index (χ1) is 9.35. The Balaban J connectivity index is 2.10. The average molecular weight is 279 g/mol. The van der Waals surface area contributed by atoms with Crippen LogP contribution in [0.5, 0.6) is 0 Å². The summed E-state index contributed by atoms with van der Waals surface area (Å²) in [7, 11) is 0. The summed E-state index contributed by atoms with van der Waals surface area (Å²) in [5.41, 5.74) is 0. The molecule has 0 aliphatic heterocycles. The van der Waals surface area contributed by atoms with Gasteiger partial charge in [-0.15, -0.1) is 11.3 Å². The Kier molecular flexibility index (Phi) is 5.54. The molecule has 0 bridgehead atoms. The fourth-order valence-electron chi connectivity index (χ4n) is 1.75. The minimum atomic E-state index is 0.495. The van der Waals surface area contributed by atoms with Gasteiger partial charge in [0.25, 0.3) is 0 Å². The molecule has 19 heavy (non-hydrogen) atoms. The molecule has 104 valence electrons. The number of hydrogen-bond acceptors (Lipinski definition) is 5. The fourth-order valence-corrected chi connectivity index (χ4v) is 2.53. The summed E-state index contributed by atoms with van der Waals surface area (Å²) >= 11 is 1.65. The van der Waals surface area contributed by atoms with E-state index in [1.165, 1.54) is 0 Å². The Morgan fingerprint density at radius 3 is 2.95 bits per heavy atom. The number of nitrogens with zero attached hydrogens (tertiary/aromatic N) is 2. The first-order valence-corrected chi connectivity index (χ1v) is 7.78. The van der Waals surface area contributed by atoms with Gasteiger partial charge < -0.3 is 10.1 Å². The van der Waals surface area contributed by atoms with Crippen LogP contribution in [0.15, 0.2) is 11.4 Å². The third-order valence-corrected chi connectivity index (χ3v) is 3.59. The molecule has 0 fully saturated rings. The molecule has 0 aromatic carbocycles. The molecule has 1 N–H and O–H groups in total. The predicted octanol–water partition coefficient (Wildman–Crippen LogP) is 3.83. The van der Waals surface area contributed by atoms with Gasteiger partial charge in [0.05, 0.1) is 5.39 Å². The lowest BCUT2D eigenvalue weighted by atomic mass is 10.3. The van der Waals surface area contributed by atoms with E-state index in [4.69, 9.17) is 4.74 Å². The Bertz CT molecular complexity index is 512. The molecule has 0 atom stereocenters. The minimum absolute atomic E-state index is 0.495. The van der Waals surface area contributed by atoms with Gasteiger partial charge in [0.1, 0.15) is 17.3 Å². The first kappa shape index (κ1) is 14.2. The van der Waals surface area contributed by atoms with Crippen molar-refractivity contribution in [3.63, 3.8) is 0 Å². The van der Waals surface area contributed by atoms with E-state index >= 15 is 0 Å². The summed E-state index contributed by atoms with van der Waals surface area (Å²) in [6, 6.07) is 2.07. The maximum Gasteiger partial charge on any atom is 0.158 e. The minimum Gasteiger partial charge on any atom is -0.373 e. The largest absolute Gasteiger partial charge is 0.373 e. The summed E-state index contributed by atoms with van der Waals surface area (Å²) in [6.45, 7) is 6.50. The lowest BCUT2D eigenvalue weighted by molar-refractivity contribution is 0.113. The molecule has 2 rings (SSSR count). The number of thiophene rings is 1. The second-order valence-corrected chi connectivity index (χ2v) is 5.36. The summed E-state index contributed by atoms with van der Waals surface area (Å²) in [5, 5.41) is 6.53. The number of anilines is 1. The normalized spacial score (nSPS) is 11.1. The van der Waals surface area contributed by atoms with E-state index < -0.39 is 0 Å². The molecule has 4 nitrogen and oxygen atoms in total. The standard InChI is InChI=1S/C14H21N3OS/c1-3-5-8-18-10-12-16-13(15-7-4-2)11-6-9-19-14(11)17-12/h6,9H,3-5,7-8,10H2,1-2H3,(H,15,16,17). The Morgan fingerprint density at radius 2 is 2.16 bits per heavy atom. The molecule has 0 aliphatic rings. The SMILES string of the molecule is CCCCOCc1nc(NCCC)c2ccsc2n1. The van der Waals surface area contributed by atoms with Crippen LogP contribution in [-0.2, 0) is 11.3 Å². The van der Waals surface area contributed by atoms with Gasteiger partial charge in [-0.05, 0) is 24.3 Å². The average Bonchev–Trinajstić information content (AvgIpc) is 2.89. The van der Waals surface area contributed by atoms with Crippen molar-refractivity contribution in [1.82, 2.24) is 9.97 Å². The third-order valence-electron chi connectivity index (χ3n) is 2.79. The number of aromatic nitrogens is 2.